The maximum absolute atomic E-state index is 11.7. The van der Waals surface area contributed by atoms with Crippen LogP contribution in [0.4, 0.5) is 5.69 Å². The van der Waals surface area contributed by atoms with E-state index in [1.807, 2.05) is 0 Å². The van der Waals surface area contributed by atoms with Crippen LogP contribution in [0.15, 0.2) is 46.0 Å². The quantitative estimate of drug-likeness (QED) is 0.400. The van der Waals surface area contributed by atoms with Crippen LogP contribution in [0.5, 0.6) is 17.2 Å². The van der Waals surface area contributed by atoms with Crippen molar-refractivity contribution in [1.29, 1.82) is 0 Å². The van der Waals surface area contributed by atoms with E-state index < -0.39 is 22.3 Å². The van der Waals surface area contributed by atoms with Crippen molar-refractivity contribution in [2.75, 3.05) is 13.7 Å². The van der Waals surface area contributed by atoms with Crippen LogP contribution in [0.3, 0.4) is 0 Å². The standard InChI is InChI=1S/C16H14BrN3O6/c1-25-11-5-6-14(12(17)7-11)26-9-15(21)19-18-8-10-3-2-4-13(16(10)22)20(23)24/h2-8,22H,9H2,1H3,(H,19,21)/b18-8+. The molecular weight excluding hydrogens is 410 g/mol. The third-order valence-electron chi connectivity index (χ3n) is 3.13. The fourth-order valence-corrected chi connectivity index (χ4v) is 2.35. The summed E-state index contributed by atoms with van der Waals surface area (Å²) >= 11 is 3.30. The third kappa shape index (κ3) is 4.93. The molecule has 0 aliphatic heterocycles. The van der Waals surface area contributed by atoms with E-state index in [0.29, 0.717) is 16.0 Å². The van der Waals surface area contributed by atoms with Crippen LogP contribution < -0.4 is 14.9 Å². The second kappa shape index (κ2) is 8.81. The summed E-state index contributed by atoms with van der Waals surface area (Å²) in [4.78, 5) is 21.8. The predicted molar refractivity (Wildman–Crippen MR) is 96.7 cm³/mol. The molecule has 0 aromatic heterocycles. The van der Waals surface area contributed by atoms with E-state index >= 15 is 0 Å². The fourth-order valence-electron chi connectivity index (χ4n) is 1.88. The van der Waals surface area contributed by atoms with Crippen molar-refractivity contribution in [3.8, 4) is 17.2 Å². The number of carbonyl (C=O) groups excluding carboxylic acids is 1. The van der Waals surface area contributed by atoms with Gasteiger partial charge in [-0.15, -0.1) is 0 Å². The third-order valence-corrected chi connectivity index (χ3v) is 3.75. The number of carbonyl (C=O) groups is 1. The number of nitro benzene ring substituents is 1. The number of hydrogen-bond donors (Lipinski definition) is 2. The van der Waals surface area contributed by atoms with Gasteiger partial charge in [-0.2, -0.15) is 5.10 Å². The Labute approximate surface area is 156 Å². The molecule has 0 saturated heterocycles. The van der Waals surface area contributed by atoms with Crippen LogP contribution in [0.25, 0.3) is 0 Å². The highest BCUT2D eigenvalue weighted by Gasteiger charge is 2.15. The highest BCUT2D eigenvalue weighted by Crippen LogP contribution is 2.29. The van der Waals surface area contributed by atoms with Crippen molar-refractivity contribution in [2.24, 2.45) is 5.10 Å². The number of benzene rings is 2. The number of para-hydroxylation sites is 1. The molecule has 26 heavy (non-hydrogen) atoms. The summed E-state index contributed by atoms with van der Waals surface area (Å²) < 4.78 is 11.0. The molecule has 0 unspecified atom stereocenters. The highest BCUT2D eigenvalue weighted by molar-refractivity contribution is 9.10. The largest absolute Gasteiger partial charge is 0.502 e. The lowest BCUT2D eigenvalue weighted by molar-refractivity contribution is -0.385. The first kappa shape index (κ1) is 19.2. The van der Waals surface area contributed by atoms with E-state index in [0.717, 1.165) is 12.3 Å². The SMILES string of the molecule is COc1ccc(OCC(=O)N/N=C/c2cccc([N+](=O)[O-])c2O)c(Br)c1. The number of hydrazone groups is 1. The van der Waals surface area contributed by atoms with Crippen molar-refractivity contribution in [2.45, 2.75) is 0 Å². The van der Waals surface area contributed by atoms with Crippen molar-refractivity contribution < 1.29 is 24.3 Å². The summed E-state index contributed by atoms with van der Waals surface area (Å²) in [5, 5.41) is 24.2. The minimum atomic E-state index is -0.716. The van der Waals surface area contributed by atoms with E-state index in [1.54, 1.807) is 18.2 Å². The minimum Gasteiger partial charge on any atom is -0.502 e. The number of ether oxygens (including phenoxy) is 2. The van der Waals surface area contributed by atoms with E-state index in [4.69, 9.17) is 9.47 Å². The molecule has 2 aromatic carbocycles. The number of phenols is 1. The molecule has 10 heteroatoms. The zero-order valence-electron chi connectivity index (χ0n) is 13.5. The Morgan fingerprint density at radius 2 is 2.19 bits per heavy atom. The molecule has 0 aliphatic carbocycles. The first-order chi connectivity index (χ1) is 12.4. The van der Waals surface area contributed by atoms with Gasteiger partial charge in [-0.25, -0.2) is 5.43 Å². The average molecular weight is 424 g/mol. The number of phenolic OH excluding ortho intramolecular Hbond substituents is 1. The van der Waals surface area contributed by atoms with Gasteiger partial charge < -0.3 is 14.6 Å². The number of rotatable bonds is 7. The van der Waals surface area contributed by atoms with E-state index in [2.05, 4.69) is 26.5 Å². The minimum absolute atomic E-state index is 0.0957. The normalized spacial score (nSPS) is 10.5. The molecule has 2 N–H and O–H groups in total. The van der Waals surface area contributed by atoms with Crippen LogP contribution in [0, 0.1) is 10.1 Å². The number of amides is 1. The monoisotopic (exact) mass is 423 g/mol. The topological polar surface area (TPSA) is 123 Å². The molecule has 0 saturated carbocycles. The van der Waals surface area contributed by atoms with Gasteiger partial charge >= 0.3 is 5.69 Å². The fraction of sp³-hybridized carbons (Fsp3) is 0.125. The lowest BCUT2D eigenvalue weighted by Gasteiger charge is -2.08. The van der Waals surface area contributed by atoms with Crippen LogP contribution in [-0.4, -0.2) is 35.9 Å². The first-order valence-electron chi connectivity index (χ1n) is 7.17. The van der Waals surface area contributed by atoms with Crippen LogP contribution >= 0.6 is 15.9 Å². The molecule has 0 spiro atoms. The highest BCUT2D eigenvalue weighted by atomic mass is 79.9. The van der Waals surface area contributed by atoms with Gasteiger partial charge in [0.05, 0.1) is 22.7 Å². The van der Waals surface area contributed by atoms with Crippen LogP contribution in [0.2, 0.25) is 0 Å². The summed E-state index contributed by atoms with van der Waals surface area (Å²) in [5.41, 5.74) is 1.85. The number of nitro groups is 1. The second-order valence-corrected chi connectivity index (χ2v) is 5.70. The molecule has 1 amide bonds. The molecule has 9 nitrogen and oxygen atoms in total. The second-order valence-electron chi connectivity index (χ2n) is 4.85. The molecule has 2 rings (SSSR count). The zero-order chi connectivity index (χ0) is 19.1. The van der Waals surface area contributed by atoms with Crippen LogP contribution in [-0.2, 0) is 4.79 Å². The van der Waals surface area contributed by atoms with Crippen molar-refractivity contribution in [1.82, 2.24) is 5.43 Å². The summed E-state index contributed by atoms with van der Waals surface area (Å²) in [5.74, 6) is -0.000835. The van der Waals surface area contributed by atoms with Crippen molar-refractivity contribution in [3.63, 3.8) is 0 Å². The Morgan fingerprint density at radius 1 is 1.42 bits per heavy atom. The van der Waals surface area contributed by atoms with Gasteiger partial charge in [-0.05, 0) is 40.2 Å². The van der Waals surface area contributed by atoms with Gasteiger partial charge in [0.1, 0.15) is 11.5 Å². The molecular formula is C16H14BrN3O6. The lowest BCUT2D eigenvalue weighted by atomic mass is 10.2. The molecule has 0 heterocycles. The molecule has 0 bridgehead atoms. The Balaban J connectivity index is 1.92. The van der Waals surface area contributed by atoms with E-state index in [9.17, 15) is 20.0 Å². The number of nitrogens with zero attached hydrogens (tertiary/aromatic N) is 2. The molecule has 0 radical (unpaired) electrons. The summed E-state index contributed by atoms with van der Waals surface area (Å²) in [6, 6.07) is 8.98. The molecule has 136 valence electrons. The number of hydrogen-bond acceptors (Lipinski definition) is 7. The molecule has 0 atom stereocenters. The van der Waals surface area contributed by atoms with Crippen molar-refractivity contribution >= 4 is 33.7 Å². The Bertz CT molecular complexity index is 856. The van der Waals surface area contributed by atoms with Gasteiger partial charge in [-0.1, -0.05) is 6.07 Å². The molecule has 0 aliphatic rings. The predicted octanol–water partition coefficient (Wildman–Crippen LogP) is 2.60. The van der Waals surface area contributed by atoms with E-state index in [1.165, 1.54) is 19.2 Å². The van der Waals surface area contributed by atoms with Gasteiger partial charge in [0, 0.05) is 11.6 Å². The Kier molecular flexibility index (Phi) is 6.50. The Morgan fingerprint density at radius 3 is 2.85 bits per heavy atom. The maximum Gasteiger partial charge on any atom is 0.311 e. The van der Waals surface area contributed by atoms with Gasteiger partial charge in [0.2, 0.25) is 5.75 Å². The molecule has 0 fully saturated rings. The number of nitrogens with one attached hydrogen (secondary N) is 1. The van der Waals surface area contributed by atoms with Gasteiger partial charge in [0.15, 0.2) is 6.61 Å². The summed E-state index contributed by atoms with van der Waals surface area (Å²) in [6.45, 7) is -0.302. The Hall–Kier alpha value is -3.14. The van der Waals surface area contributed by atoms with Gasteiger partial charge in [-0.3, -0.25) is 14.9 Å². The average Bonchev–Trinajstić information content (AvgIpc) is 2.61. The number of aromatic hydroxyl groups is 1. The van der Waals surface area contributed by atoms with Crippen LogP contribution in [0.1, 0.15) is 5.56 Å². The summed E-state index contributed by atoms with van der Waals surface area (Å²) in [6.07, 6.45) is 1.10. The smallest absolute Gasteiger partial charge is 0.311 e. The first-order valence-corrected chi connectivity index (χ1v) is 7.96. The van der Waals surface area contributed by atoms with E-state index in [-0.39, 0.29) is 12.2 Å². The molecule has 2 aromatic rings. The maximum atomic E-state index is 11.7. The number of methoxy groups -OCH3 is 1. The van der Waals surface area contributed by atoms with Gasteiger partial charge in [0.25, 0.3) is 5.91 Å². The summed E-state index contributed by atoms with van der Waals surface area (Å²) in [7, 11) is 1.53. The zero-order valence-corrected chi connectivity index (χ0v) is 15.1. The van der Waals surface area contributed by atoms with Crippen molar-refractivity contribution in [3.05, 3.63) is 56.5 Å². The number of halogens is 1. The lowest BCUT2D eigenvalue weighted by Crippen LogP contribution is -2.24.